The molecule has 3 aromatic rings. The van der Waals surface area contributed by atoms with Crippen molar-refractivity contribution in [3.63, 3.8) is 0 Å². The van der Waals surface area contributed by atoms with Crippen molar-refractivity contribution in [3.8, 4) is 5.69 Å². The maximum absolute atomic E-state index is 13.0. The molecule has 0 aliphatic carbocycles. The SMILES string of the molecule is Cc1cc(-n2cc(Br)nc2C(F)(F)F)cc2cn[nH]c12. The van der Waals surface area contributed by atoms with Crippen LogP contribution in [0.5, 0.6) is 0 Å². The standard InChI is InChI=1S/C12H8BrF3N4/c1-6-2-8(3-7-4-17-19-10(6)7)20-5-9(13)18-11(20)12(14,15)16/h2-5H,1H3,(H,17,19). The van der Waals surface area contributed by atoms with Crippen molar-refractivity contribution < 1.29 is 13.2 Å². The minimum atomic E-state index is -4.52. The highest BCUT2D eigenvalue weighted by molar-refractivity contribution is 9.10. The molecule has 0 fully saturated rings. The Morgan fingerprint density at radius 3 is 2.75 bits per heavy atom. The van der Waals surface area contributed by atoms with E-state index < -0.39 is 12.0 Å². The Morgan fingerprint density at radius 2 is 2.05 bits per heavy atom. The van der Waals surface area contributed by atoms with E-state index in [4.69, 9.17) is 0 Å². The summed E-state index contributed by atoms with van der Waals surface area (Å²) in [5.74, 6) is -0.966. The molecule has 3 rings (SSSR count). The van der Waals surface area contributed by atoms with Gasteiger partial charge in [0, 0.05) is 17.3 Å². The summed E-state index contributed by atoms with van der Waals surface area (Å²) < 4.78 is 40.1. The maximum Gasteiger partial charge on any atom is 0.450 e. The lowest BCUT2D eigenvalue weighted by atomic mass is 10.1. The van der Waals surface area contributed by atoms with E-state index in [2.05, 4.69) is 31.1 Å². The summed E-state index contributed by atoms with van der Waals surface area (Å²) in [6.07, 6.45) is -1.65. The molecule has 104 valence electrons. The number of imidazole rings is 1. The smallest absolute Gasteiger partial charge is 0.295 e. The molecule has 0 amide bonds. The Morgan fingerprint density at radius 1 is 1.30 bits per heavy atom. The normalized spacial score (nSPS) is 12.2. The van der Waals surface area contributed by atoms with Gasteiger partial charge < -0.3 is 0 Å². The number of H-pyrrole nitrogens is 1. The zero-order chi connectivity index (χ0) is 14.5. The first-order valence-corrected chi connectivity index (χ1v) is 6.42. The van der Waals surface area contributed by atoms with Crippen LogP contribution < -0.4 is 0 Å². The van der Waals surface area contributed by atoms with E-state index >= 15 is 0 Å². The predicted octanol–water partition coefficient (Wildman–Crippen LogP) is 3.84. The van der Waals surface area contributed by atoms with Crippen LogP contribution in [0.25, 0.3) is 16.6 Å². The molecule has 0 bridgehead atoms. The lowest BCUT2D eigenvalue weighted by molar-refractivity contribution is -0.146. The van der Waals surface area contributed by atoms with Crippen molar-refractivity contribution in [2.24, 2.45) is 0 Å². The van der Waals surface area contributed by atoms with Crippen LogP contribution >= 0.6 is 15.9 Å². The van der Waals surface area contributed by atoms with E-state index in [1.807, 2.05) is 6.92 Å². The number of aryl methyl sites for hydroxylation is 1. The first kappa shape index (κ1) is 13.2. The summed E-state index contributed by atoms with van der Waals surface area (Å²) in [6.45, 7) is 1.81. The molecule has 0 atom stereocenters. The van der Waals surface area contributed by atoms with Gasteiger partial charge >= 0.3 is 6.18 Å². The van der Waals surface area contributed by atoms with Gasteiger partial charge in [-0.1, -0.05) is 0 Å². The van der Waals surface area contributed by atoms with Crippen LogP contribution in [0.2, 0.25) is 0 Å². The second-order valence-electron chi connectivity index (χ2n) is 4.35. The van der Waals surface area contributed by atoms with Gasteiger partial charge in [0.1, 0.15) is 4.60 Å². The van der Waals surface area contributed by atoms with Gasteiger partial charge in [-0.2, -0.15) is 18.3 Å². The number of nitrogens with one attached hydrogen (secondary N) is 1. The Labute approximate surface area is 119 Å². The predicted molar refractivity (Wildman–Crippen MR) is 70.7 cm³/mol. The molecule has 4 nitrogen and oxygen atoms in total. The summed E-state index contributed by atoms with van der Waals surface area (Å²) in [7, 11) is 0. The number of halogens is 4. The van der Waals surface area contributed by atoms with E-state index in [0.717, 1.165) is 21.0 Å². The summed E-state index contributed by atoms with van der Waals surface area (Å²) in [6, 6.07) is 3.29. The number of fused-ring (bicyclic) bond motifs is 1. The minimum Gasteiger partial charge on any atom is -0.295 e. The molecule has 0 aliphatic rings. The maximum atomic E-state index is 13.0. The summed E-state index contributed by atoms with van der Waals surface area (Å²) in [5, 5.41) is 7.45. The largest absolute Gasteiger partial charge is 0.450 e. The number of aromatic amines is 1. The topological polar surface area (TPSA) is 46.5 Å². The number of hydrogen-bond acceptors (Lipinski definition) is 2. The molecule has 0 unspecified atom stereocenters. The number of aromatic nitrogens is 4. The van der Waals surface area contributed by atoms with Crippen molar-refractivity contribution in [2.75, 3.05) is 0 Å². The summed E-state index contributed by atoms with van der Waals surface area (Å²) >= 11 is 2.98. The molecule has 1 N–H and O–H groups in total. The fraction of sp³-hybridized carbons (Fsp3) is 0.167. The highest BCUT2D eigenvalue weighted by Crippen LogP contribution is 2.32. The van der Waals surface area contributed by atoms with Gasteiger partial charge in [0.2, 0.25) is 5.82 Å². The molecule has 2 heterocycles. The van der Waals surface area contributed by atoms with Crippen LogP contribution in [0.3, 0.4) is 0 Å². The van der Waals surface area contributed by atoms with Crippen LogP contribution in [0.1, 0.15) is 11.4 Å². The van der Waals surface area contributed by atoms with Crippen molar-refractivity contribution in [1.82, 2.24) is 19.7 Å². The Kier molecular flexibility index (Phi) is 2.86. The van der Waals surface area contributed by atoms with Crippen LogP contribution in [-0.4, -0.2) is 19.7 Å². The number of hydrogen-bond donors (Lipinski definition) is 1. The van der Waals surface area contributed by atoms with Crippen molar-refractivity contribution >= 4 is 26.8 Å². The monoisotopic (exact) mass is 344 g/mol. The van der Waals surface area contributed by atoms with Crippen LogP contribution in [-0.2, 0) is 6.18 Å². The molecule has 0 aliphatic heterocycles. The Bertz CT molecular complexity index is 788. The van der Waals surface area contributed by atoms with Crippen molar-refractivity contribution in [3.05, 3.63) is 40.5 Å². The molecule has 1 aromatic carbocycles. The molecular weight excluding hydrogens is 337 g/mol. The summed E-state index contributed by atoms with van der Waals surface area (Å²) in [4.78, 5) is 3.49. The first-order chi connectivity index (χ1) is 9.36. The molecule has 0 radical (unpaired) electrons. The fourth-order valence-electron chi connectivity index (χ4n) is 2.10. The highest BCUT2D eigenvalue weighted by Gasteiger charge is 2.37. The zero-order valence-electron chi connectivity index (χ0n) is 10.2. The van der Waals surface area contributed by atoms with Gasteiger partial charge in [-0.3, -0.25) is 9.67 Å². The van der Waals surface area contributed by atoms with E-state index in [1.54, 1.807) is 18.3 Å². The highest BCUT2D eigenvalue weighted by atomic mass is 79.9. The fourth-order valence-corrected chi connectivity index (χ4v) is 2.48. The minimum absolute atomic E-state index is 0.134. The average molecular weight is 345 g/mol. The Balaban J connectivity index is 2.25. The molecule has 0 spiro atoms. The number of rotatable bonds is 1. The van der Waals surface area contributed by atoms with E-state index in [9.17, 15) is 13.2 Å². The second kappa shape index (κ2) is 4.34. The van der Waals surface area contributed by atoms with E-state index in [0.29, 0.717) is 5.69 Å². The lowest BCUT2D eigenvalue weighted by Gasteiger charge is -2.11. The third-order valence-corrected chi connectivity index (χ3v) is 3.32. The number of nitrogens with zero attached hydrogens (tertiary/aromatic N) is 3. The van der Waals surface area contributed by atoms with Gasteiger partial charge in [0.25, 0.3) is 0 Å². The number of benzene rings is 1. The molecular formula is C12H8BrF3N4. The molecule has 0 saturated heterocycles. The molecule has 2 aromatic heterocycles. The number of alkyl halides is 3. The average Bonchev–Trinajstić information content (AvgIpc) is 2.94. The first-order valence-electron chi connectivity index (χ1n) is 5.62. The van der Waals surface area contributed by atoms with Gasteiger partial charge in [-0.25, -0.2) is 4.98 Å². The van der Waals surface area contributed by atoms with Crippen LogP contribution in [0, 0.1) is 6.92 Å². The third-order valence-electron chi connectivity index (χ3n) is 2.94. The van der Waals surface area contributed by atoms with E-state index in [1.165, 1.54) is 6.20 Å². The molecule has 20 heavy (non-hydrogen) atoms. The van der Waals surface area contributed by atoms with Crippen molar-refractivity contribution in [2.45, 2.75) is 13.1 Å². The van der Waals surface area contributed by atoms with Gasteiger partial charge in [-0.05, 0) is 40.5 Å². The Hall–Kier alpha value is -1.83. The lowest BCUT2D eigenvalue weighted by Crippen LogP contribution is -2.13. The van der Waals surface area contributed by atoms with Crippen LogP contribution in [0.15, 0.2) is 29.1 Å². The van der Waals surface area contributed by atoms with Gasteiger partial charge in [0.15, 0.2) is 0 Å². The van der Waals surface area contributed by atoms with Gasteiger partial charge in [-0.15, -0.1) is 0 Å². The molecule has 0 saturated carbocycles. The van der Waals surface area contributed by atoms with Gasteiger partial charge in [0.05, 0.1) is 11.7 Å². The summed E-state index contributed by atoms with van der Waals surface area (Å²) in [5.41, 5.74) is 2.01. The van der Waals surface area contributed by atoms with Crippen LogP contribution in [0.4, 0.5) is 13.2 Å². The van der Waals surface area contributed by atoms with E-state index in [-0.39, 0.29) is 4.60 Å². The third kappa shape index (κ3) is 2.09. The second-order valence-corrected chi connectivity index (χ2v) is 5.16. The zero-order valence-corrected chi connectivity index (χ0v) is 11.7. The quantitative estimate of drug-likeness (QED) is 0.729. The molecule has 8 heteroatoms. The van der Waals surface area contributed by atoms with Crippen molar-refractivity contribution in [1.29, 1.82) is 0 Å².